The Hall–Kier alpha value is -0.730. The summed E-state index contributed by atoms with van der Waals surface area (Å²) in [5.74, 6) is 0.216. The van der Waals surface area contributed by atoms with Crippen molar-refractivity contribution in [3.63, 3.8) is 0 Å². The van der Waals surface area contributed by atoms with Gasteiger partial charge in [0.15, 0.2) is 0 Å². The Kier molecular flexibility index (Phi) is 3.58. The van der Waals surface area contributed by atoms with Gasteiger partial charge in [0, 0.05) is 11.6 Å². The van der Waals surface area contributed by atoms with Crippen molar-refractivity contribution in [2.75, 3.05) is 13.6 Å². The molecule has 1 aromatic rings. The highest BCUT2D eigenvalue weighted by atomic mass is 35.5. The van der Waals surface area contributed by atoms with Crippen LogP contribution in [0.2, 0.25) is 5.02 Å². The SMILES string of the molecule is CCN(C)Cc1ccc(O)cc1Cl. The molecule has 0 aromatic heterocycles. The lowest BCUT2D eigenvalue weighted by molar-refractivity contribution is 0.345. The maximum absolute atomic E-state index is 9.13. The largest absolute Gasteiger partial charge is 0.508 e. The van der Waals surface area contributed by atoms with Gasteiger partial charge in [-0.25, -0.2) is 0 Å². The molecule has 1 N–H and O–H groups in total. The van der Waals surface area contributed by atoms with Gasteiger partial charge >= 0.3 is 0 Å². The summed E-state index contributed by atoms with van der Waals surface area (Å²) in [6.07, 6.45) is 0. The zero-order chi connectivity index (χ0) is 9.84. The quantitative estimate of drug-likeness (QED) is 0.809. The van der Waals surface area contributed by atoms with Crippen molar-refractivity contribution < 1.29 is 5.11 Å². The predicted molar refractivity (Wildman–Crippen MR) is 55.1 cm³/mol. The minimum absolute atomic E-state index is 0.216. The maximum Gasteiger partial charge on any atom is 0.117 e. The van der Waals surface area contributed by atoms with Crippen molar-refractivity contribution in [1.82, 2.24) is 4.90 Å². The fraction of sp³-hybridized carbons (Fsp3) is 0.400. The van der Waals surface area contributed by atoms with E-state index in [2.05, 4.69) is 11.8 Å². The van der Waals surface area contributed by atoms with Gasteiger partial charge in [-0.15, -0.1) is 0 Å². The Balaban J connectivity index is 2.77. The molecule has 0 aliphatic carbocycles. The molecule has 0 heterocycles. The number of hydrogen-bond acceptors (Lipinski definition) is 2. The number of nitrogens with zero attached hydrogens (tertiary/aromatic N) is 1. The van der Waals surface area contributed by atoms with Crippen molar-refractivity contribution in [3.8, 4) is 5.75 Å². The molecule has 0 bridgehead atoms. The monoisotopic (exact) mass is 199 g/mol. The fourth-order valence-corrected chi connectivity index (χ4v) is 1.30. The van der Waals surface area contributed by atoms with Crippen LogP contribution in [0.1, 0.15) is 12.5 Å². The third-order valence-electron chi connectivity index (χ3n) is 2.02. The molecule has 2 nitrogen and oxygen atoms in total. The van der Waals surface area contributed by atoms with Crippen LogP contribution in [0.15, 0.2) is 18.2 Å². The third-order valence-corrected chi connectivity index (χ3v) is 2.37. The van der Waals surface area contributed by atoms with E-state index < -0.39 is 0 Å². The molecule has 0 unspecified atom stereocenters. The molecule has 13 heavy (non-hydrogen) atoms. The van der Waals surface area contributed by atoms with E-state index in [-0.39, 0.29) is 5.75 Å². The fourth-order valence-electron chi connectivity index (χ4n) is 1.07. The molecular formula is C10H14ClNO. The number of rotatable bonds is 3. The molecule has 1 aromatic carbocycles. The van der Waals surface area contributed by atoms with E-state index in [0.717, 1.165) is 18.7 Å². The Labute approximate surface area is 83.7 Å². The second kappa shape index (κ2) is 4.49. The Morgan fingerprint density at radius 2 is 2.15 bits per heavy atom. The van der Waals surface area contributed by atoms with Crippen LogP contribution in [0, 0.1) is 0 Å². The first kappa shape index (κ1) is 10.4. The molecule has 0 radical (unpaired) electrons. The van der Waals surface area contributed by atoms with Gasteiger partial charge in [0.25, 0.3) is 0 Å². The van der Waals surface area contributed by atoms with Crippen molar-refractivity contribution in [3.05, 3.63) is 28.8 Å². The topological polar surface area (TPSA) is 23.5 Å². The number of phenols is 1. The average Bonchev–Trinajstić information content (AvgIpc) is 2.09. The third kappa shape index (κ3) is 2.90. The van der Waals surface area contributed by atoms with Crippen LogP contribution in [0.5, 0.6) is 5.75 Å². The number of benzene rings is 1. The van der Waals surface area contributed by atoms with E-state index in [1.165, 1.54) is 0 Å². The van der Waals surface area contributed by atoms with E-state index in [1.54, 1.807) is 12.1 Å². The maximum atomic E-state index is 9.13. The van der Waals surface area contributed by atoms with Gasteiger partial charge < -0.3 is 10.0 Å². The molecule has 0 atom stereocenters. The van der Waals surface area contributed by atoms with Crippen LogP contribution >= 0.6 is 11.6 Å². The zero-order valence-electron chi connectivity index (χ0n) is 7.92. The molecule has 0 saturated heterocycles. The molecule has 3 heteroatoms. The van der Waals surface area contributed by atoms with Crippen molar-refractivity contribution in [1.29, 1.82) is 0 Å². The van der Waals surface area contributed by atoms with Crippen molar-refractivity contribution in [2.45, 2.75) is 13.5 Å². The molecule has 1 rings (SSSR count). The summed E-state index contributed by atoms with van der Waals surface area (Å²) in [6, 6.07) is 5.08. The Morgan fingerprint density at radius 3 is 2.69 bits per heavy atom. The smallest absolute Gasteiger partial charge is 0.117 e. The molecular weight excluding hydrogens is 186 g/mol. The van der Waals surface area contributed by atoms with Crippen LogP contribution in [0.4, 0.5) is 0 Å². The van der Waals surface area contributed by atoms with Crippen LogP contribution in [0.3, 0.4) is 0 Å². The Morgan fingerprint density at radius 1 is 1.46 bits per heavy atom. The van der Waals surface area contributed by atoms with Gasteiger partial charge in [-0.05, 0) is 31.3 Å². The summed E-state index contributed by atoms with van der Waals surface area (Å²) in [6.45, 7) is 3.89. The summed E-state index contributed by atoms with van der Waals surface area (Å²) in [5.41, 5.74) is 1.05. The highest BCUT2D eigenvalue weighted by molar-refractivity contribution is 6.31. The highest BCUT2D eigenvalue weighted by Crippen LogP contribution is 2.22. The van der Waals surface area contributed by atoms with Gasteiger partial charge in [-0.3, -0.25) is 0 Å². The summed E-state index contributed by atoms with van der Waals surface area (Å²) in [5, 5.41) is 9.76. The zero-order valence-corrected chi connectivity index (χ0v) is 8.67. The van der Waals surface area contributed by atoms with Gasteiger partial charge in [-0.1, -0.05) is 24.6 Å². The normalized spacial score (nSPS) is 10.8. The van der Waals surface area contributed by atoms with Crippen LogP contribution in [0.25, 0.3) is 0 Å². The van der Waals surface area contributed by atoms with Gasteiger partial charge in [0.2, 0.25) is 0 Å². The van der Waals surface area contributed by atoms with E-state index in [9.17, 15) is 0 Å². The molecule has 0 fully saturated rings. The number of hydrogen-bond donors (Lipinski definition) is 1. The summed E-state index contributed by atoms with van der Waals surface area (Å²) in [4.78, 5) is 2.15. The molecule has 0 saturated carbocycles. The first-order valence-corrected chi connectivity index (χ1v) is 4.67. The van der Waals surface area contributed by atoms with Crippen molar-refractivity contribution >= 4 is 11.6 Å². The molecule has 0 spiro atoms. The standard InChI is InChI=1S/C10H14ClNO/c1-3-12(2)7-8-4-5-9(13)6-10(8)11/h4-6,13H,3,7H2,1-2H3. The lowest BCUT2D eigenvalue weighted by Crippen LogP contribution is -2.16. The summed E-state index contributed by atoms with van der Waals surface area (Å²) >= 11 is 5.94. The van der Waals surface area contributed by atoms with Crippen molar-refractivity contribution in [2.24, 2.45) is 0 Å². The van der Waals surface area contributed by atoms with Gasteiger partial charge in [0.05, 0.1) is 0 Å². The Bertz CT molecular complexity index is 288. The van der Waals surface area contributed by atoms with E-state index in [1.807, 2.05) is 13.1 Å². The average molecular weight is 200 g/mol. The summed E-state index contributed by atoms with van der Waals surface area (Å²) < 4.78 is 0. The van der Waals surface area contributed by atoms with Gasteiger partial charge in [0.1, 0.15) is 5.75 Å². The predicted octanol–water partition coefficient (Wildman–Crippen LogP) is 2.50. The minimum atomic E-state index is 0.216. The minimum Gasteiger partial charge on any atom is -0.508 e. The van der Waals surface area contributed by atoms with E-state index >= 15 is 0 Å². The number of halogens is 1. The number of aromatic hydroxyl groups is 1. The number of phenolic OH excluding ortho intramolecular Hbond substituents is 1. The highest BCUT2D eigenvalue weighted by Gasteiger charge is 2.03. The van der Waals surface area contributed by atoms with Crippen LogP contribution in [-0.4, -0.2) is 23.6 Å². The molecule has 0 aliphatic heterocycles. The summed E-state index contributed by atoms with van der Waals surface area (Å²) in [7, 11) is 2.03. The van der Waals surface area contributed by atoms with Crippen LogP contribution < -0.4 is 0 Å². The molecule has 72 valence electrons. The second-order valence-electron chi connectivity index (χ2n) is 3.11. The molecule has 0 amide bonds. The first-order chi connectivity index (χ1) is 6.13. The van der Waals surface area contributed by atoms with Gasteiger partial charge in [-0.2, -0.15) is 0 Å². The van der Waals surface area contributed by atoms with E-state index in [4.69, 9.17) is 16.7 Å². The lowest BCUT2D eigenvalue weighted by Gasteiger charge is -2.14. The van der Waals surface area contributed by atoms with E-state index in [0.29, 0.717) is 5.02 Å². The van der Waals surface area contributed by atoms with Crippen LogP contribution in [-0.2, 0) is 6.54 Å². The first-order valence-electron chi connectivity index (χ1n) is 4.29. The lowest BCUT2D eigenvalue weighted by atomic mass is 10.2. The molecule has 0 aliphatic rings. The second-order valence-corrected chi connectivity index (χ2v) is 3.51.